The molecule has 148 valence electrons. The molecule has 2 aromatic rings. The predicted molar refractivity (Wildman–Crippen MR) is 108 cm³/mol. The molecule has 1 aromatic carbocycles. The van der Waals surface area contributed by atoms with Crippen LogP contribution in [-0.2, 0) is 0 Å². The van der Waals surface area contributed by atoms with Crippen LogP contribution in [0.2, 0.25) is 0 Å². The van der Waals surface area contributed by atoms with Crippen LogP contribution in [0.5, 0.6) is 0 Å². The average molecular weight is 383 g/mol. The van der Waals surface area contributed by atoms with Crippen molar-refractivity contribution in [3.05, 3.63) is 56.7 Å². The monoisotopic (exact) mass is 383 g/mol. The van der Waals surface area contributed by atoms with E-state index in [1.165, 1.54) is 4.57 Å². The van der Waals surface area contributed by atoms with Crippen LogP contribution in [0.4, 0.5) is 11.5 Å². The van der Waals surface area contributed by atoms with E-state index < -0.39 is 11.2 Å². The van der Waals surface area contributed by atoms with E-state index in [-0.39, 0.29) is 35.8 Å². The van der Waals surface area contributed by atoms with Crippen LogP contribution in [0.3, 0.4) is 0 Å². The zero-order valence-corrected chi connectivity index (χ0v) is 15.7. The van der Waals surface area contributed by atoms with Gasteiger partial charge in [-0.05, 0) is 44.4 Å². The minimum atomic E-state index is -0.694. The average Bonchev–Trinajstić information content (AvgIpc) is 3.47. The van der Waals surface area contributed by atoms with Gasteiger partial charge in [-0.15, -0.1) is 0 Å². The summed E-state index contributed by atoms with van der Waals surface area (Å²) in [5.74, 6) is -0.342. The first kappa shape index (κ1) is 18.5. The van der Waals surface area contributed by atoms with Gasteiger partial charge in [0.2, 0.25) is 0 Å². The first-order valence-electron chi connectivity index (χ1n) is 9.74. The SMILES string of the molecule is Nc1c(C(=O)CN2CCCC(Nc3ccccc3)C2)c(=O)[nH]c(=O)n1C1CC1. The number of ketones is 1. The number of hydrogen-bond donors (Lipinski definition) is 3. The number of aromatic nitrogens is 2. The zero-order valence-electron chi connectivity index (χ0n) is 15.7. The van der Waals surface area contributed by atoms with E-state index >= 15 is 0 Å². The molecule has 8 heteroatoms. The number of carbonyl (C=O) groups excluding carboxylic acids is 1. The van der Waals surface area contributed by atoms with Crippen LogP contribution in [0.1, 0.15) is 42.1 Å². The summed E-state index contributed by atoms with van der Waals surface area (Å²) in [5.41, 5.74) is 5.78. The Morgan fingerprint density at radius 2 is 1.93 bits per heavy atom. The summed E-state index contributed by atoms with van der Waals surface area (Å²) in [6.07, 6.45) is 3.66. The Bertz CT molecular complexity index is 978. The Morgan fingerprint density at radius 1 is 1.18 bits per heavy atom. The molecule has 4 rings (SSSR count). The van der Waals surface area contributed by atoms with Crippen molar-refractivity contribution in [2.75, 3.05) is 30.7 Å². The van der Waals surface area contributed by atoms with E-state index in [1.54, 1.807) is 0 Å². The fourth-order valence-electron chi connectivity index (χ4n) is 3.90. The van der Waals surface area contributed by atoms with Crippen molar-refractivity contribution in [1.29, 1.82) is 0 Å². The molecule has 0 amide bonds. The number of nitrogens with zero attached hydrogens (tertiary/aromatic N) is 2. The van der Waals surface area contributed by atoms with Gasteiger partial charge in [0.05, 0.1) is 6.54 Å². The van der Waals surface area contributed by atoms with Crippen molar-refractivity contribution in [2.45, 2.75) is 37.8 Å². The second-order valence-electron chi connectivity index (χ2n) is 7.63. The van der Waals surface area contributed by atoms with Gasteiger partial charge < -0.3 is 11.1 Å². The van der Waals surface area contributed by atoms with E-state index in [0.717, 1.165) is 37.9 Å². The summed E-state index contributed by atoms with van der Waals surface area (Å²) in [5, 5.41) is 3.50. The summed E-state index contributed by atoms with van der Waals surface area (Å²) in [7, 11) is 0. The maximum atomic E-state index is 12.8. The number of nitrogens with two attached hydrogens (primary N) is 1. The number of benzene rings is 1. The Balaban J connectivity index is 1.47. The van der Waals surface area contributed by atoms with Crippen molar-refractivity contribution in [2.24, 2.45) is 0 Å². The second kappa shape index (κ2) is 7.63. The zero-order chi connectivity index (χ0) is 19.7. The minimum Gasteiger partial charge on any atom is -0.384 e. The normalized spacial score (nSPS) is 20.1. The topological polar surface area (TPSA) is 113 Å². The van der Waals surface area contributed by atoms with Crippen molar-refractivity contribution in [1.82, 2.24) is 14.5 Å². The maximum absolute atomic E-state index is 12.8. The van der Waals surface area contributed by atoms with E-state index in [0.29, 0.717) is 6.54 Å². The molecule has 1 unspecified atom stereocenters. The lowest BCUT2D eigenvalue weighted by atomic mass is 10.0. The molecule has 0 radical (unpaired) electrons. The number of carbonyl (C=O) groups is 1. The smallest absolute Gasteiger partial charge is 0.330 e. The minimum absolute atomic E-state index is 0.00257. The van der Waals surface area contributed by atoms with E-state index in [4.69, 9.17) is 5.73 Å². The van der Waals surface area contributed by atoms with Gasteiger partial charge in [-0.25, -0.2) is 4.79 Å². The highest BCUT2D eigenvalue weighted by Gasteiger charge is 2.31. The first-order chi connectivity index (χ1) is 13.5. The molecule has 1 atom stereocenters. The molecule has 28 heavy (non-hydrogen) atoms. The fraction of sp³-hybridized carbons (Fsp3) is 0.450. The summed E-state index contributed by atoms with van der Waals surface area (Å²) in [6, 6.07) is 10.2. The Kier molecular flexibility index (Phi) is 5.04. The van der Waals surface area contributed by atoms with Gasteiger partial charge in [0.1, 0.15) is 11.4 Å². The van der Waals surface area contributed by atoms with Crippen LogP contribution in [0, 0.1) is 0 Å². The third-order valence-electron chi connectivity index (χ3n) is 5.39. The molecule has 1 aromatic heterocycles. The molecule has 2 fully saturated rings. The number of anilines is 2. The number of rotatable bonds is 6. The highest BCUT2D eigenvalue weighted by atomic mass is 16.2. The van der Waals surface area contributed by atoms with Crippen molar-refractivity contribution >= 4 is 17.3 Å². The molecular formula is C20H25N5O3. The van der Waals surface area contributed by atoms with Gasteiger partial charge in [-0.2, -0.15) is 0 Å². The Hall–Kier alpha value is -2.87. The van der Waals surface area contributed by atoms with Crippen molar-refractivity contribution in [3.63, 3.8) is 0 Å². The molecule has 1 aliphatic carbocycles. The fourth-order valence-corrected chi connectivity index (χ4v) is 3.90. The lowest BCUT2D eigenvalue weighted by Crippen LogP contribution is -2.45. The largest absolute Gasteiger partial charge is 0.384 e. The third-order valence-corrected chi connectivity index (χ3v) is 5.39. The summed E-state index contributed by atoms with van der Waals surface area (Å²) in [6.45, 7) is 1.61. The lowest BCUT2D eigenvalue weighted by Gasteiger charge is -2.33. The number of para-hydroxylation sites is 1. The van der Waals surface area contributed by atoms with Crippen LogP contribution >= 0.6 is 0 Å². The molecule has 2 aliphatic rings. The van der Waals surface area contributed by atoms with Gasteiger partial charge in [-0.1, -0.05) is 18.2 Å². The molecule has 0 spiro atoms. The van der Waals surface area contributed by atoms with Crippen LogP contribution in [0.25, 0.3) is 0 Å². The molecule has 1 aliphatic heterocycles. The number of aromatic amines is 1. The van der Waals surface area contributed by atoms with Crippen LogP contribution < -0.4 is 22.3 Å². The van der Waals surface area contributed by atoms with E-state index in [2.05, 4.69) is 10.3 Å². The van der Waals surface area contributed by atoms with Gasteiger partial charge in [0, 0.05) is 24.3 Å². The molecule has 2 heterocycles. The molecule has 1 saturated heterocycles. The third kappa shape index (κ3) is 3.87. The molecular weight excluding hydrogens is 358 g/mol. The summed E-state index contributed by atoms with van der Waals surface area (Å²) in [4.78, 5) is 41.4. The van der Waals surface area contributed by atoms with Gasteiger partial charge in [0.15, 0.2) is 5.78 Å². The highest BCUT2D eigenvalue weighted by molar-refractivity contribution is 6.01. The van der Waals surface area contributed by atoms with Crippen molar-refractivity contribution in [3.8, 4) is 0 Å². The predicted octanol–water partition coefficient (Wildman–Crippen LogP) is 1.21. The number of hydrogen-bond acceptors (Lipinski definition) is 6. The number of likely N-dealkylation sites (tertiary alicyclic amines) is 1. The van der Waals surface area contributed by atoms with E-state index in [1.807, 2.05) is 35.2 Å². The lowest BCUT2D eigenvalue weighted by molar-refractivity contribution is 0.0909. The maximum Gasteiger partial charge on any atom is 0.330 e. The van der Waals surface area contributed by atoms with Crippen LogP contribution in [-0.4, -0.2) is 45.9 Å². The standard InChI is InChI=1S/C20H25N5O3/c21-18-17(19(27)23-20(28)25(18)15-8-9-15)16(26)12-24-10-4-7-14(11-24)22-13-5-2-1-3-6-13/h1-3,5-6,14-15,22H,4,7-12,21H2,(H,23,27,28). The second-order valence-corrected chi connectivity index (χ2v) is 7.63. The first-order valence-corrected chi connectivity index (χ1v) is 9.74. The number of nitrogens with one attached hydrogen (secondary N) is 2. The Morgan fingerprint density at radius 3 is 2.64 bits per heavy atom. The van der Waals surface area contributed by atoms with Gasteiger partial charge in [0.25, 0.3) is 5.56 Å². The van der Waals surface area contributed by atoms with Crippen molar-refractivity contribution < 1.29 is 4.79 Å². The summed E-state index contributed by atoms with van der Waals surface area (Å²) >= 11 is 0. The molecule has 0 bridgehead atoms. The highest BCUT2D eigenvalue weighted by Crippen LogP contribution is 2.35. The number of nitrogen functional groups attached to an aromatic ring is 1. The van der Waals surface area contributed by atoms with E-state index in [9.17, 15) is 14.4 Å². The molecule has 1 saturated carbocycles. The molecule has 8 nitrogen and oxygen atoms in total. The molecule has 4 N–H and O–H groups in total. The van der Waals surface area contributed by atoms with Crippen LogP contribution in [0.15, 0.2) is 39.9 Å². The quantitative estimate of drug-likeness (QED) is 0.646. The van der Waals surface area contributed by atoms with Gasteiger partial charge >= 0.3 is 5.69 Å². The Labute approximate surface area is 162 Å². The number of H-pyrrole nitrogens is 1. The number of piperidine rings is 1. The summed E-state index contributed by atoms with van der Waals surface area (Å²) < 4.78 is 1.35. The number of Topliss-reactive ketones (excluding diaryl/α,β-unsaturated/α-hetero) is 1. The van der Waals surface area contributed by atoms with Gasteiger partial charge in [-0.3, -0.25) is 24.0 Å².